The van der Waals surface area contributed by atoms with Gasteiger partial charge in [0.15, 0.2) is 5.82 Å². The van der Waals surface area contributed by atoms with Gasteiger partial charge >= 0.3 is 0 Å². The van der Waals surface area contributed by atoms with Gasteiger partial charge in [0.25, 0.3) is 0 Å². The van der Waals surface area contributed by atoms with E-state index in [1.54, 1.807) is 11.3 Å². The van der Waals surface area contributed by atoms with Crippen molar-refractivity contribution in [3.05, 3.63) is 65.6 Å². The summed E-state index contributed by atoms with van der Waals surface area (Å²) in [4.78, 5) is 16.7. The second kappa shape index (κ2) is 8.49. The molecule has 3 aromatic rings. The van der Waals surface area contributed by atoms with E-state index < -0.39 is 0 Å². The first kappa shape index (κ1) is 17.3. The number of aromatic nitrogens is 3. The number of nitrogens with zero attached hydrogens (tertiary/aromatic N) is 4. The van der Waals surface area contributed by atoms with Crippen LogP contribution in [0.3, 0.4) is 0 Å². The molecule has 4 heterocycles. The van der Waals surface area contributed by atoms with Crippen LogP contribution in [0.2, 0.25) is 0 Å². The third-order valence-corrected chi connectivity index (χ3v) is 5.36. The standard InChI is InChI=1S/C20H22N4OS/c1-3-18(25-9-1)15-24(13-16-5-7-21-8-6-16)14-17-11-22-20(23-12-17)19-4-2-10-26-19/h2,4-8,10-12,18H,1,3,9,13-15H2. The molecule has 3 aromatic heterocycles. The largest absolute Gasteiger partial charge is 0.377 e. The molecule has 0 aromatic carbocycles. The third-order valence-electron chi connectivity index (χ3n) is 4.49. The Labute approximate surface area is 157 Å². The van der Waals surface area contributed by atoms with Gasteiger partial charge in [-0.1, -0.05) is 6.07 Å². The molecule has 1 atom stereocenters. The average Bonchev–Trinajstić information content (AvgIpc) is 3.37. The molecule has 5 nitrogen and oxygen atoms in total. The molecule has 0 saturated carbocycles. The number of rotatable bonds is 7. The van der Waals surface area contributed by atoms with Gasteiger partial charge in [0.05, 0.1) is 11.0 Å². The first-order valence-corrected chi connectivity index (χ1v) is 9.82. The molecule has 1 saturated heterocycles. The topological polar surface area (TPSA) is 51.1 Å². The highest BCUT2D eigenvalue weighted by molar-refractivity contribution is 7.13. The van der Waals surface area contributed by atoms with Crippen molar-refractivity contribution >= 4 is 11.3 Å². The molecule has 0 aliphatic carbocycles. The lowest BCUT2D eigenvalue weighted by Gasteiger charge is -2.25. The Kier molecular flexibility index (Phi) is 5.64. The van der Waals surface area contributed by atoms with Crippen molar-refractivity contribution in [2.45, 2.75) is 32.0 Å². The van der Waals surface area contributed by atoms with Gasteiger partial charge in [0, 0.05) is 56.6 Å². The first-order chi connectivity index (χ1) is 12.9. The predicted octanol–water partition coefficient (Wildman–Crippen LogP) is 3.78. The number of hydrogen-bond acceptors (Lipinski definition) is 6. The smallest absolute Gasteiger partial charge is 0.169 e. The zero-order valence-electron chi connectivity index (χ0n) is 14.6. The Morgan fingerprint density at radius 2 is 1.88 bits per heavy atom. The molecule has 1 aliphatic rings. The van der Waals surface area contributed by atoms with Crippen molar-refractivity contribution in [3.63, 3.8) is 0 Å². The van der Waals surface area contributed by atoms with E-state index in [1.165, 1.54) is 5.56 Å². The number of ether oxygens (including phenoxy) is 1. The molecule has 6 heteroatoms. The van der Waals surface area contributed by atoms with E-state index in [0.29, 0.717) is 6.10 Å². The first-order valence-electron chi connectivity index (χ1n) is 8.94. The monoisotopic (exact) mass is 366 g/mol. The van der Waals surface area contributed by atoms with Gasteiger partial charge in [-0.2, -0.15) is 0 Å². The Balaban J connectivity index is 1.46. The lowest BCUT2D eigenvalue weighted by molar-refractivity contribution is 0.0678. The second-order valence-electron chi connectivity index (χ2n) is 6.55. The summed E-state index contributed by atoms with van der Waals surface area (Å²) in [5, 5.41) is 2.05. The lowest BCUT2D eigenvalue weighted by atomic mass is 10.2. The summed E-state index contributed by atoms with van der Waals surface area (Å²) in [5.74, 6) is 0.795. The van der Waals surface area contributed by atoms with Crippen molar-refractivity contribution in [1.29, 1.82) is 0 Å². The minimum atomic E-state index is 0.322. The van der Waals surface area contributed by atoms with Crippen LogP contribution >= 0.6 is 11.3 Å². The number of thiophene rings is 1. The van der Waals surface area contributed by atoms with Crippen LogP contribution in [-0.4, -0.2) is 39.1 Å². The zero-order valence-corrected chi connectivity index (χ0v) is 15.4. The average molecular weight is 366 g/mol. The van der Waals surface area contributed by atoms with Crippen molar-refractivity contribution in [1.82, 2.24) is 19.9 Å². The predicted molar refractivity (Wildman–Crippen MR) is 103 cm³/mol. The fourth-order valence-corrected chi connectivity index (χ4v) is 3.91. The fraction of sp³-hybridized carbons (Fsp3) is 0.350. The summed E-state index contributed by atoms with van der Waals surface area (Å²) in [7, 11) is 0. The van der Waals surface area contributed by atoms with Crippen LogP contribution in [0.1, 0.15) is 24.0 Å². The molecule has 134 valence electrons. The molecule has 1 fully saturated rings. The van der Waals surface area contributed by atoms with Crippen LogP contribution in [0.15, 0.2) is 54.4 Å². The number of hydrogen-bond donors (Lipinski definition) is 0. The second-order valence-corrected chi connectivity index (χ2v) is 7.50. The Hall–Kier alpha value is -2.15. The van der Waals surface area contributed by atoms with Crippen molar-refractivity contribution < 1.29 is 4.74 Å². The molecule has 1 unspecified atom stereocenters. The van der Waals surface area contributed by atoms with Gasteiger partial charge in [-0.25, -0.2) is 9.97 Å². The molecular formula is C20H22N4OS. The van der Waals surface area contributed by atoms with E-state index in [-0.39, 0.29) is 0 Å². The van der Waals surface area contributed by atoms with Crippen LogP contribution < -0.4 is 0 Å². The summed E-state index contributed by atoms with van der Waals surface area (Å²) >= 11 is 1.66. The zero-order chi connectivity index (χ0) is 17.6. The van der Waals surface area contributed by atoms with Crippen LogP contribution in [0.4, 0.5) is 0 Å². The van der Waals surface area contributed by atoms with Gasteiger partial charge in [-0.15, -0.1) is 11.3 Å². The minimum absolute atomic E-state index is 0.322. The molecule has 0 spiro atoms. The molecule has 4 rings (SSSR count). The molecular weight excluding hydrogens is 344 g/mol. The quantitative estimate of drug-likeness (QED) is 0.637. The summed E-state index contributed by atoms with van der Waals surface area (Å²) < 4.78 is 5.84. The van der Waals surface area contributed by atoms with E-state index in [4.69, 9.17) is 4.74 Å². The SMILES string of the molecule is c1csc(-c2ncc(CN(Cc3ccncc3)CC3CCCO3)cn2)c1. The van der Waals surface area contributed by atoms with Gasteiger partial charge in [-0.3, -0.25) is 9.88 Å². The third kappa shape index (κ3) is 4.52. The highest BCUT2D eigenvalue weighted by atomic mass is 32.1. The van der Waals surface area contributed by atoms with Crippen LogP contribution in [0.5, 0.6) is 0 Å². The molecule has 26 heavy (non-hydrogen) atoms. The minimum Gasteiger partial charge on any atom is -0.377 e. The van der Waals surface area contributed by atoms with Gasteiger partial charge in [0.1, 0.15) is 0 Å². The molecule has 0 N–H and O–H groups in total. The molecule has 0 bridgehead atoms. The van der Waals surface area contributed by atoms with Gasteiger partial charge < -0.3 is 4.74 Å². The van der Waals surface area contributed by atoms with E-state index >= 15 is 0 Å². The van der Waals surface area contributed by atoms with Crippen molar-refractivity contribution in [2.24, 2.45) is 0 Å². The van der Waals surface area contributed by atoms with Crippen LogP contribution in [0, 0.1) is 0 Å². The lowest BCUT2D eigenvalue weighted by Crippen LogP contribution is -2.31. The maximum absolute atomic E-state index is 5.84. The van der Waals surface area contributed by atoms with Gasteiger partial charge in [0.2, 0.25) is 0 Å². The van der Waals surface area contributed by atoms with E-state index in [2.05, 4.69) is 32.0 Å². The summed E-state index contributed by atoms with van der Waals surface area (Å²) in [6, 6.07) is 8.21. The number of pyridine rings is 1. The maximum atomic E-state index is 5.84. The molecule has 1 aliphatic heterocycles. The highest BCUT2D eigenvalue weighted by Crippen LogP contribution is 2.21. The fourth-order valence-electron chi connectivity index (χ4n) is 3.24. The molecule has 0 amide bonds. The van der Waals surface area contributed by atoms with Gasteiger partial charge in [-0.05, 0) is 42.0 Å². The van der Waals surface area contributed by atoms with Crippen molar-refractivity contribution in [3.8, 4) is 10.7 Å². The summed E-state index contributed by atoms with van der Waals surface area (Å²) in [5.41, 5.74) is 2.38. The Morgan fingerprint density at radius 1 is 1.08 bits per heavy atom. The normalized spacial score (nSPS) is 17.0. The van der Waals surface area contributed by atoms with Crippen LogP contribution in [-0.2, 0) is 17.8 Å². The van der Waals surface area contributed by atoms with Crippen molar-refractivity contribution in [2.75, 3.05) is 13.2 Å². The van der Waals surface area contributed by atoms with E-state index in [1.807, 2.05) is 42.3 Å². The summed E-state index contributed by atoms with van der Waals surface area (Å²) in [6.07, 6.45) is 10.2. The summed E-state index contributed by atoms with van der Waals surface area (Å²) in [6.45, 7) is 3.49. The Bertz CT molecular complexity index is 786. The Morgan fingerprint density at radius 3 is 2.58 bits per heavy atom. The van der Waals surface area contributed by atoms with Crippen LogP contribution in [0.25, 0.3) is 10.7 Å². The van der Waals surface area contributed by atoms with E-state index in [9.17, 15) is 0 Å². The highest BCUT2D eigenvalue weighted by Gasteiger charge is 2.20. The van der Waals surface area contributed by atoms with E-state index in [0.717, 1.165) is 55.3 Å². The maximum Gasteiger partial charge on any atom is 0.169 e. The molecule has 0 radical (unpaired) electrons.